The van der Waals surface area contributed by atoms with Gasteiger partial charge < -0.3 is 10.2 Å². The second-order valence-corrected chi connectivity index (χ2v) is 6.95. The van der Waals surface area contributed by atoms with Crippen molar-refractivity contribution in [1.29, 1.82) is 0 Å². The van der Waals surface area contributed by atoms with E-state index in [-0.39, 0.29) is 5.25 Å². The fourth-order valence-corrected chi connectivity index (χ4v) is 2.66. The highest BCUT2D eigenvalue weighted by Crippen LogP contribution is 2.24. The van der Waals surface area contributed by atoms with Crippen LogP contribution in [0, 0.1) is 0 Å². The van der Waals surface area contributed by atoms with Crippen molar-refractivity contribution in [3.8, 4) is 0 Å². The fourth-order valence-electron chi connectivity index (χ4n) is 1.66. The third kappa shape index (κ3) is 5.33. The second-order valence-electron chi connectivity index (χ2n) is 4.77. The predicted octanol–water partition coefficient (Wildman–Crippen LogP) is -0.00200. The number of sulfonamides is 1. The zero-order valence-electron chi connectivity index (χ0n) is 11.1. The summed E-state index contributed by atoms with van der Waals surface area (Å²) in [5.41, 5.74) is 0. The van der Waals surface area contributed by atoms with Gasteiger partial charge in [-0.05, 0) is 33.4 Å². The van der Waals surface area contributed by atoms with E-state index in [1.54, 1.807) is 6.92 Å². The molecule has 1 unspecified atom stereocenters. The highest BCUT2D eigenvalue weighted by atomic mass is 32.2. The quantitative estimate of drug-likeness (QED) is 0.615. The number of rotatable bonds is 9. The molecule has 0 heterocycles. The molecule has 0 spiro atoms. The van der Waals surface area contributed by atoms with Crippen molar-refractivity contribution in [1.82, 2.24) is 14.9 Å². The van der Waals surface area contributed by atoms with Crippen LogP contribution in [-0.2, 0) is 10.0 Å². The number of likely N-dealkylation sites (N-methyl/N-ethyl adjacent to an activating group) is 1. The summed E-state index contributed by atoms with van der Waals surface area (Å²) in [4.78, 5) is 2.22. The van der Waals surface area contributed by atoms with Gasteiger partial charge in [0.05, 0.1) is 5.25 Å². The van der Waals surface area contributed by atoms with Crippen molar-refractivity contribution < 1.29 is 8.42 Å². The zero-order chi connectivity index (χ0) is 12.9. The van der Waals surface area contributed by atoms with Gasteiger partial charge in [-0.3, -0.25) is 0 Å². The molecule has 1 saturated carbocycles. The van der Waals surface area contributed by atoms with Crippen LogP contribution < -0.4 is 10.0 Å². The fraction of sp³-hybridized carbons (Fsp3) is 1.00. The second kappa shape index (κ2) is 6.68. The zero-order valence-corrected chi connectivity index (χ0v) is 11.9. The molecule has 0 aromatic carbocycles. The van der Waals surface area contributed by atoms with Gasteiger partial charge in [-0.2, -0.15) is 0 Å². The van der Waals surface area contributed by atoms with Crippen LogP contribution in [0.15, 0.2) is 0 Å². The molecule has 1 aliphatic carbocycles. The molecule has 1 fully saturated rings. The molecule has 102 valence electrons. The van der Waals surface area contributed by atoms with Gasteiger partial charge in [0.2, 0.25) is 10.0 Å². The molecule has 0 aliphatic heterocycles. The Hall–Kier alpha value is -0.170. The molecule has 1 atom stereocenters. The van der Waals surface area contributed by atoms with Gasteiger partial charge in [-0.25, -0.2) is 13.1 Å². The molecule has 0 saturated heterocycles. The summed E-state index contributed by atoms with van der Waals surface area (Å²) in [5, 5.41) is 2.67. The van der Waals surface area contributed by atoms with Gasteiger partial charge in [0, 0.05) is 25.7 Å². The van der Waals surface area contributed by atoms with Gasteiger partial charge in [0.1, 0.15) is 0 Å². The van der Waals surface area contributed by atoms with Crippen LogP contribution in [0.5, 0.6) is 0 Å². The summed E-state index contributed by atoms with van der Waals surface area (Å²) in [5.74, 6) is 0. The minimum atomic E-state index is -3.17. The van der Waals surface area contributed by atoms with Crippen molar-refractivity contribution in [2.24, 2.45) is 0 Å². The van der Waals surface area contributed by atoms with E-state index in [9.17, 15) is 8.42 Å². The van der Waals surface area contributed by atoms with E-state index in [0.29, 0.717) is 19.1 Å². The standard InChI is InChI=1S/C11H25N3O2S/c1-4-12-9-10(2)17(15,16)13-7-8-14(3)11-5-6-11/h10-13H,4-9H2,1-3H3. The van der Waals surface area contributed by atoms with Crippen LogP contribution in [0.3, 0.4) is 0 Å². The van der Waals surface area contributed by atoms with Crippen LogP contribution in [0.25, 0.3) is 0 Å². The third-order valence-corrected chi connectivity index (χ3v) is 4.98. The average Bonchev–Trinajstić information content (AvgIpc) is 3.09. The molecule has 0 radical (unpaired) electrons. The van der Waals surface area contributed by atoms with E-state index in [1.807, 2.05) is 14.0 Å². The lowest BCUT2D eigenvalue weighted by Gasteiger charge is -2.18. The van der Waals surface area contributed by atoms with E-state index in [1.165, 1.54) is 12.8 Å². The molecular weight excluding hydrogens is 238 g/mol. The van der Waals surface area contributed by atoms with Crippen molar-refractivity contribution >= 4 is 10.0 Å². The summed E-state index contributed by atoms with van der Waals surface area (Å²) in [6.45, 7) is 6.30. The SMILES string of the molecule is CCNCC(C)S(=O)(=O)NCCN(C)C1CC1. The molecule has 2 N–H and O–H groups in total. The van der Waals surface area contributed by atoms with Crippen LogP contribution in [0.1, 0.15) is 26.7 Å². The van der Waals surface area contributed by atoms with Gasteiger partial charge in [-0.15, -0.1) is 0 Å². The molecule has 0 amide bonds. The Morgan fingerprint density at radius 1 is 1.41 bits per heavy atom. The first-order chi connectivity index (χ1) is 7.97. The average molecular weight is 263 g/mol. The Bertz CT molecular complexity index is 315. The lowest BCUT2D eigenvalue weighted by molar-refractivity contribution is 0.329. The molecular formula is C11H25N3O2S. The Morgan fingerprint density at radius 3 is 2.59 bits per heavy atom. The highest BCUT2D eigenvalue weighted by molar-refractivity contribution is 7.90. The summed E-state index contributed by atoms with van der Waals surface area (Å²) < 4.78 is 26.3. The van der Waals surface area contributed by atoms with Gasteiger partial charge in [0.25, 0.3) is 0 Å². The first kappa shape index (κ1) is 14.9. The minimum absolute atomic E-state index is 0.381. The van der Waals surface area contributed by atoms with Crippen LogP contribution in [-0.4, -0.2) is 57.8 Å². The van der Waals surface area contributed by atoms with E-state index < -0.39 is 10.0 Å². The van der Waals surface area contributed by atoms with Gasteiger partial charge >= 0.3 is 0 Å². The number of nitrogens with one attached hydrogen (secondary N) is 2. The normalized spacial score (nSPS) is 18.6. The molecule has 17 heavy (non-hydrogen) atoms. The van der Waals surface area contributed by atoms with Crippen molar-refractivity contribution in [2.75, 3.05) is 33.2 Å². The first-order valence-electron chi connectivity index (χ1n) is 6.36. The predicted molar refractivity (Wildman–Crippen MR) is 70.6 cm³/mol. The molecule has 1 aliphatic rings. The van der Waals surface area contributed by atoms with Crippen LogP contribution in [0.4, 0.5) is 0 Å². The summed E-state index contributed by atoms with van der Waals surface area (Å²) in [7, 11) is -1.12. The molecule has 5 nitrogen and oxygen atoms in total. The monoisotopic (exact) mass is 263 g/mol. The summed E-state index contributed by atoms with van der Waals surface area (Å²) >= 11 is 0. The van der Waals surface area contributed by atoms with E-state index in [2.05, 4.69) is 14.9 Å². The largest absolute Gasteiger partial charge is 0.316 e. The van der Waals surface area contributed by atoms with Crippen molar-refractivity contribution in [3.05, 3.63) is 0 Å². The summed E-state index contributed by atoms with van der Waals surface area (Å²) in [6.07, 6.45) is 2.50. The van der Waals surface area contributed by atoms with Crippen molar-refractivity contribution in [2.45, 2.75) is 38.0 Å². The Morgan fingerprint density at radius 2 is 2.06 bits per heavy atom. The van der Waals surface area contributed by atoms with Crippen LogP contribution in [0.2, 0.25) is 0 Å². The maximum Gasteiger partial charge on any atom is 0.215 e. The molecule has 0 aromatic heterocycles. The number of hydrogen-bond acceptors (Lipinski definition) is 4. The Balaban J connectivity index is 2.23. The minimum Gasteiger partial charge on any atom is -0.316 e. The number of nitrogens with zero attached hydrogens (tertiary/aromatic N) is 1. The Kier molecular flexibility index (Phi) is 5.85. The maximum absolute atomic E-state index is 11.8. The van der Waals surface area contributed by atoms with Gasteiger partial charge in [-0.1, -0.05) is 6.92 Å². The lowest BCUT2D eigenvalue weighted by atomic mass is 10.5. The van der Waals surface area contributed by atoms with Gasteiger partial charge in [0.15, 0.2) is 0 Å². The van der Waals surface area contributed by atoms with E-state index >= 15 is 0 Å². The van der Waals surface area contributed by atoms with E-state index in [0.717, 1.165) is 13.1 Å². The number of hydrogen-bond donors (Lipinski definition) is 2. The molecule has 0 bridgehead atoms. The highest BCUT2D eigenvalue weighted by Gasteiger charge is 2.26. The maximum atomic E-state index is 11.8. The first-order valence-corrected chi connectivity index (χ1v) is 7.91. The van der Waals surface area contributed by atoms with Crippen LogP contribution >= 0.6 is 0 Å². The lowest BCUT2D eigenvalue weighted by Crippen LogP contribution is -2.41. The van der Waals surface area contributed by atoms with E-state index in [4.69, 9.17) is 0 Å². The Labute approximate surface area is 105 Å². The smallest absolute Gasteiger partial charge is 0.215 e. The topological polar surface area (TPSA) is 61.4 Å². The van der Waals surface area contributed by atoms with Crippen molar-refractivity contribution in [3.63, 3.8) is 0 Å². The molecule has 0 aromatic rings. The molecule has 1 rings (SSSR count). The molecule has 6 heteroatoms. The third-order valence-electron chi connectivity index (χ3n) is 3.15. The summed E-state index contributed by atoms with van der Waals surface area (Å²) in [6, 6.07) is 0.679.